The number of benzene rings is 2. The maximum absolute atomic E-state index is 15.7. The van der Waals surface area contributed by atoms with Crippen LogP contribution in [0, 0.1) is 44.2 Å². The molecule has 1 amide bonds. The zero-order valence-electron chi connectivity index (χ0n) is 26.2. The maximum atomic E-state index is 15.7. The van der Waals surface area contributed by atoms with E-state index < -0.39 is 59.3 Å². The molecule has 4 rings (SSSR count). The lowest BCUT2D eigenvalue weighted by Crippen LogP contribution is -2.41. The lowest BCUT2D eigenvalue weighted by Gasteiger charge is -2.29. The van der Waals surface area contributed by atoms with Gasteiger partial charge >= 0.3 is 12.1 Å². The van der Waals surface area contributed by atoms with Gasteiger partial charge in [0.2, 0.25) is 5.91 Å². The molecule has 0 radical (unpaired) electrons. The second-order valence-corrected chi connectivity index (χ2v) is 12.5. The number of hydrogen-bond acceptors (Lipinski definition) is 4. The Hall–Kier alpha value is -4.06. The topological polar surface area (TPSA) is 97.6 Å². The average molecular weight is 649 g/mol. The summed E-state index contributed by atoms with van der Waals surface area (Å²) in [7, 11) is 0. The van der Waals surface area contributed by atoms with Crippen molar-refractivity contribution in [2.45, 2.75) is 72.1 Å². The van der Waals surface area contributed by atoms with Crippen LogP contribution in [0.15, 0.2) is 41.3 Å². The standard InChI is InChI=1S/C34H37F5N2O5/c1-17(2)6-28(41-14-23(10-21-15-46-16-21)26(12-29(41)42)34(37,38)39)33(45)40-27(13-30(43)44)25-11-22(7-20(5)32(25)36)31-18(3)8-24(35)9-19(31)4/h7-9,11-12,14,17,21,27-28H,6,10,13,15-16H2,1-5H3,(H,40,45)(H,43,44)/t27-,28+/m0/s1. The average Bonchev–Trinajstić information content (AvgIpc) is 2.90. The molecule has 12 heteroatoms. The molecule has 2 atom stereocenters. The molecule has 1 aliphatic heterocycles. The SMILES string of the molecule is Cc1cc(-c2c(C)cc(F)cc2C)cc([C@H](CC(=O)O)NC(=O)[C@@H](CC(C)C)n2cc(CC3COC3)c(C(F)(F)F)cc2=O)c1F. The van der Waals surface area contributed by atoms with Crippen molar-refractivity contribution in [1.29, 1.82) is 0 Å². The van der Waals surface area contributed by atoms with Crippen LogP contribution in [0.1, 0.15) is 72.2 Å². The minimum absolute atomic E-state index is 0.0215. The first-order chi connectivity index (χ1) is 21.5. The number of alkyl halides is 3. The summed E-state index contributed by atoms with van der Waals surface area (Å²) in [5.74, 6) is -3.80. The Labute approximate surface area is 263 Å². The zero-order chi connectivity index (χ0) is 34.1. The van der Waals surface area contributed by atoms with E-state index in [-0.39, 0.29) is 54.6 Å². The molecule has 2 aromatic carbocycles. The number of pyridine rings is 1. The van der Waals surface area contributed by atoms with Crippen LogP contribution in [0.4, 0.5) is 22.0 Å². The summed E-state index contributed by atoms with van der Waals surface area (Å²) in [5.41, 5.74) is -0.0573. The van der Waals surface area contributed by atoms with Gasteiger partial charge in [-0.1, -0.05) is 13.8 Å². The number of carboxylic acids is 1. The van der Waals surface area contributed by atoms with Crippen molar-refractivity contribution in [2.75, 3.05) is 13.2 Å². The molecule has 46 heavy (non-hydrogen) atoms. The summed E-state index contributed by atoms with van der Waals surface area (Å²) in [4.78, 5) is 39.0. The van der Waals surface area contributed by atoms with E-state index in [0.29, 0.717) is 28.3 Å². The van der Waals surface area contributed by atoms with Crippen molar-refractivity contribution >= 4 is 11.9 Å². The van der Waals surface area contributed by atoms with Gasteiger partial charge in [0, 0.05) is 23.7 Å². The van der Waals surface area contributed by atoms with E-state index in [1.807, 2.05) is 0 Å². The van der Waals surface area contributed by atoms with Gasteiger partial charge in [0.15, 0.2) is 0 Å². The number of carbonyl (C=O) groups is 2. The van der Waals surface area contributed by atoms with Gasteiger partial charge in [0.1, 0.15) is 17.7 Å². The van der Waals surface area contributed by atoms with Gasteiger partial charge in [-0.05, 0) is 97.2 Å². The third kappa shape index (κ3) is 7.83. The van der Waals surface area contributed by atoms with Gasteiger partial charge in [-0.3, -0.25) is 14.4 Å². The first-order valence-electron chi connectivity index (χ1n) is 15.0. The molecule has 2 N–H and O–H groups in total. The van der Waals surface area contributed by atoms with E-state index >= 15 is 4.39 Å². The van der Waals surface area contributed by atoms with Crippen LogP contribution in [0.3, 0.4) is 0 Å². The molecule has 1 fully saturated rings. The second kappa shape index (κ2) is 13.7. The highest BCUT2D eigenvalue weighted by atomic mass is 19.4. The highest BCUT2D eigenvalue weighted by Crippen LogP contribution is 2.36. The van der Waals surface area contributed by atoms with Gasteiger partial charge in [0.05, 0.1) is 31.2 Å². The van der Waals surface area contributed by atoms with E-state index in [2.05, 4.69) is 5.32 Å². The fourth-order valence-electron chi connectivity index (χ4n) is 6.01. The molecular formula is C34H37F5N2O5. The zero-order valence-corrected chi connectivity index (χ0v) is 26.2. The number of amides is 1. The van der Waals surface area contributed by atoms with Gasteiger partial charge < -0.3 is 19.7 Å². The molecule has 0 bridgehead atoms. The number of carbonyl (C=O) groups excluding carboxylic acids is 1. The number of rotatable bonds is 11. The lowest BCUT2D eigenvalue weighted by molar-refractivity contribution is -0.139. The van der Waals surface area contributed by atoms with Crippen molar-refractivity contribution in [3.8, 4) is 11.1 Å². The van der Waals surface area contributed by atoms with Crippen LogP contribution in [0.2, 0.25) is 0 Å². The van der Waals surface area contributed by atoms with Gasteiger partial charge in [-0.15, -0.1) is 0 Å². The number of nitrogens with zero attached hydrogens (tertiary/aromatic N) is 1. The van der Waals surface area contributed by atoms with Crippen LogP contribution in [-0.2, 0) is 26.9 Å². The summed E-state index contributed by atoms with van der Waals surface area (Å²) >= 11 is 0. The van der Waals surface area contributed by atoms with Gasteiger partial charge in [-0.25, -0.2) is 8.78 Å². The Bertz CT molecular complexity index is 1670. The molecule has 1 saturated heterocycles. The smallest absolute Gasteiger partial charge is 0.416 e. The summed E-state index contributed by atoms with van der Waals surface area (Å²) in [5, 5.41) is 12.3. The quantitative estimate of drug-likeness (QED) is 0.222. The summed E-state index contributed by atoms with van der Waals surface area (Å²) in [6.45, 7) is 8.91. The highest BCUT2D eigenvalue weighted by molar-refractivity contribution is 5.82. The predicted molar refractivity (Wildman–Crippen MR) is 161 cm³/mol. The van der Waals surface area contributed by atoms with Gasteiger partial charge in [-0.2, -0.15) is 13.2 Å². The largest absolute Gasteiger partial charge is 0.481 e. The first kappa shape index (κ1) is 34.8. The summed E-state index contributed by atoms with van der Waals surface area (Å²) in [6.07, 6.45) is -4.48. The summed E-state index contributed by atoms with van der Waals surface area (Å²) < 4.78 is 77.5. The predicted octanol–water partition coefficient (Wildman–Crippen LogP) is 6.85. The van der Waals surface area contributed by atoms with Crippen molar-refractivity contribution in [3.05, 3.63) is 91.9 Å². The van der Waals surface area contributed by atoms with Crippen molar-refractivity contribution in [1.82, 2.24) is 9.88 Å². The molecule has 0 aliphatic carbocycles. The number of halogens is 5. The van der Waals surface area contributed by atoms with Crippen LogP contribution < -0.4 is 10.9 Å². The Morgan fingerprint density at radius 3 is 2.17 bits per heavy atom. The normalized spacial score (nSPS) is 15.0. The second-order valence-electron chi connectivity index (χ2n) is 12.5. The molecule has 7 nitrogen and oxygen atoms in total. The number of ether oxygens (including phenoxy) is 1. The number of aromatic nitrogens is 1. The van der Waals surface area contributed by atoms with Crippen molar-refractivity contribution in [2.24, 2.45) is 11.8 Å². The number of hydrogen-bond donors (Lipinski definition) is 2. The van der Waals surface area contributed by atoms with E-state index in [4.69, 9.17) is 4.74 Å². The van der Waals surface area contributed by atoms with E-state index in [0.717, 1.165) is 10.8 Å². The first-order valence-corrected chi connectivity index (χ1v) is 15.0. The van der Waals surface area contributed by atoms with E-state index in [1.165, 1.54) is 25.1 Å². The molecule has 1 aliphatic rings. The third-order valence-corrected chi connectivity index (χ3v) is 8.16. The molecule has 0 spiro atoms. The van der Waals surface area contributed by atoms with Crippen molar-refractivity contribution < 1.29 is 41.4 Å². The Morgan fingerprint density at radius 1 is 1.02 bits per heavy atom. The Balaban J connectivity index is 1.79. The molecule has 0 unspecified atom stereocenters. The maximum Gasteiger partial charge on any atom is 0.416 e. The number of carboxylic acid groups (broad SMARTS) is 1. The van der Waals surface area contributed by atoms with E-state index in [1.54, 1.807) is 33.8 Å². The molecule has 3 aromatic rings. The fourth-order valence-corrected chi connectivity index (χ4v) is 6.01. The molecule has 2 heterocycles. The minimum Gasteiger partial charge on any atom is -0.481 e. The lowest BCUT2D eigenvalue weighted by atomic mass is 9.90. The molecule has 0 saturated carbocycles. The van der Waals surface area contributed by atoms with Crippen LogP contribution in [0.5, 0.6) is 0 Å². The van der Waals surface area contributed by atoms with Crippen molar-refractivity contribution in [3.63, 3.8) is 0 Å². The van der Waals surface area contributed by atoms with Crippen LogP contribution in [0.25, 0.3) is 11.1 Å². The molecule has 248 valence electrons. The number of nitrogens with one attached hydrogen (secondary N) is 1. The van der Waals surface area contributed by atoms with Gasteiger partial charge in [0.25, 0.3) is 5.56 Å². The summed E-state index contributed by atoms with van der Waals surface area (Å²) in [6, 6.07) is 3.34. The van der Waals surface area contributed by atoms with Crippen LogP contribution >= 0.6 is 0 Å². The van der Waals surface area contributed by atoms with Crippen LogP contribution in [-0.4, -0.2) is 34.8 Å². The molecule has 1 aromatic heterocycles. The Kier molecular flexibility index (Phi) is 10.4. The molecular weight excluding hydrogens is 611 g/mol. The number of aryl methyl sites for hydroxylation is 3. The number of aliphatic carboxylic acids is 1. The minimum atomic E-state index is -4.80. The fraction of sp³-hybridized carbons (Fsp3) is 0.441. The monoisotopic (exact) mass is 648 g/mol. The highest BCUT2D eigenvalue weighted by Gasteiger charge is 2.37. The third-order valence-electron chi connectivity index (χ3n) is 8.16. The van der Waals surface area contributed by atoms with E-state index in [9.17, 15) is 37.1 Å². The Morgan fingerprint density at radius 2 is 1.65 bits per heavy atom.